The van der Waals surface area contributed by atoms with Crippen molar-refractivity contribution in [3.8, 4) is 80.1 Å². The Labute approximate surface area is 740 Å². The fourth-order valence-electron chi connectivity index (χ4n) is 15.8. The fraction of sp³-hybridized carbons (Fsp3) is 0.420. The van der Waals surface area contributed by atoms with Gasteiger partial charge in [0.05, 0.1) is 23.3 Å². The molecule has 684 valence electrons. The number of phenols is 4. The highest BCUT2D eigenvalue weighted by Crippen LogP contribution is 2.51. The third-order valence-corrected chi connectivity index (χ3v) is 23.2. The molecular formula is C88H98Cl2N8O30. The number of likely N-dealkylation sites (N-methyl/N-ethyl adjacent to an activating group) is 1. The number of ether oxygens (including phenoxy) is 8. The molecule has 0 saturated carbocycles. The number of benzene rings is 7. The van der Waals surface area contributed by atoms with E-state index in [1.807, 2.05) is 0 Å². The van der Waals surface area contributed by atoms with Gasteiger partial charge in [-0.2, -0.15) is 0 Å². The lowest BCUT2D eigenvalue weighted by Gasteiger charge is -2.42. The van der Waals surface area contributed by atoms with Gasteiger partial charge in [-0.05, 0) is 128 Å². The Morgan fingerprint density at radius 1 is 0.531 bits per heavy atom. The summed E-state index contributed by atoms with van der Waals surface area (Å²) in [6.45, 7) is 4.85. The first-order chi connectivity index (χ1) is 60.9. The molecular weight excluding hydrogens is 1720 g/mol. The summed E-state index contributed by atoms with van der Waals surface area (Å²) >= 11 is 14.3. The van der Waals surface area contributed by atoms with Crippen LogP contribution in [0.2, 0.25) is 10.0 Å². The minimum atomic E-state index is -2.47. The number of aromatic hydroxyl groups is 4. The van der Waals surface area contributed by atoms with Crippen molar-refractivity contribution in [3.63, 3.8) is 0 Å². The molecule has 17 bridgehead atoms. The number of phenolic OH excluding ortho intramolecular Hbond substituents is 4. The molecule has 2 fully saturated rings. The van der Waals surface area contributed by atoms with Gasteiger partial charge in [0.15, 0.2) is 29.0 Å². The molecule has 8 heterocycles. The Balaban J connectivity index is 1.03. The standard InChI is InChI=1S/C88H98Cl2N8O30/c1-6-7-8-9-10-11-12-13-14-15-61(105)92-69-74(109)72(107)59(36-99)125-85(69)127-77-57-30-42-31-58(77)123-54-25-20-41(28-49(54)89)71(106)68-82(116)96-67(84(118)119)47-32-43(101)33-56(124-86-76(111)75(110)73(108)60(37-100)126-86)62(47)46-27-39(18-23-51(46)102)64(79(113)97-68)93-80(114)65(42)94-81(115)66-48-34-45(35-53(104)63(48)90)122-55-29-40(19-24-52(55)103)70(98(5)87(120)128-88(2,3)4)83(117)91-50(78(112)95-66)26-38-16-21-44(121-57)22-17-38/h16-25,27-35,50,59-60,64-76,85-86,99-104,106-111H,6-15,26,36-37H2,1-5H3,(H,91,117)(H,92,105)(H,93,114)(H,94,115)(H,95,112)(H,96,116)(H,97,113)(H,118,119)/t50-,59-,60-,64-,65-,66+,67-,68+,69-,70-,71-,72-,73-,74-,75+,76+,85+,86+/m1/s1. The minimum Gasteiger partial charge on any atom is -0.508 e. The van der Waals surface area contributed by atoms with E-state index in [0.29, 0.717) is 12.8 Å². The molecule has 0 aromatic heterocycles. The van der Waals surface area contributed by atoms with Crippen LogP contribution in [0, 0.1) is 0 Å². The number of rotatable bonds is 19. The monoisotopic (exact) mass is 1820 g/mol. The van der Waals surface area contributed by atoms with Crippen LogP contribution in [0.1, 0.15) is 167 Å². The summed E-state index contributed by atoms with van der Waals surface area (Å²) in [4.78, 5) is 139. The van der Waals surface area contributed by atoms with E-state index in [2.05, 4.69) is 44.1 Å². The number of carboxylic acid groups (broad SMARTS) is 1. The van der Waals surface area contributed by atoms with Gasteiger partial charge in [-0.15, -0.1) is 0 Å². The Bertz CT molecular complexity index is 5370. The maximum absolute atomic E-state index is 16.8. The van der Waals surface area contributed by atoms with Gasteiger partial charge >= 0.3 is 12.1 Å². The number of hydrogen-bond acceptors (Lipinski definition) is 29. The number of aliphatic carboxylic acids is 1. The van der Waals surface area contributed by atoms with E-state index in [4.69, 9.17) is 61.1 Å². The lowest BCUT2D eigenvalue weighted by molar-refractivity contribution is -0.277. The number of carbonyl (C=O) groups is 9. The van der Waals surface area contributed by atoms with E-state index in [-0.39, 0.29) is 28.9 Å². The second kappa shape index (κ2) is 39.7. The molecule has 18 atom stereocenters. The SMILES string of the molecule is CCCCCCCCCCCC(=O)N[C@H]1[C@H](Oc2c3cc4cc2Oc2ccc(cc2Cl)[C@@H](O)[C@@H]2NC(=O)[C@H](NC(=O)[C@@H]4NC(=O)[C@H]4NC(=O)[C@@H](Cc5ccc(cc5)O3)NC(=O)[C@H](N(C)C(=O)OC(C)(C)C)c3ccc(O)c(c3)Oc3cc(O)c(Cl)c4c3)c3ccc(O)c(c3)-c3c(O[C@H]4O[C@H](CO)[C@@H](O)[C@H](O)[C@@H]4O)cc(O)cc3[C@H](C(=O)O)NC2=O)O[C@H](CO)[C@@H](O)[C@@H]1O. The topological polar surface area (TPSA) is 578 Å². The van der Waals surface area contributed by atoms with Gasteiger partial charge in [-0.1, -0.05) is 112 Å². The number of aliphatic hydroxyl groups excluding tert-OH is 8. The number of carbonyl (C=O) groups excluding carboxylic acids is 8. The summed E-state index contributed by atoms with van der Waals surface area (Å²) in [5.41, 5.74) is -4.70. The third-order valence-electron chi connectivity index (χ3n) is 22.5. The van der Waals surface area contributed by atoms with Crippen LogP contribution in [0.15, 0.2) is 115 Å². The number of nitrogens with zero attached hydrogens (tertiary/aromatic N) is 1. The molecule has 8 aliphatic heterocycles. The van der Waals surface area contributed by atoms with Gasteiger partial charge < -0.3 is 141 Å². The average molecular weight is 1820 g/mol. The molecule has 0 spiro atoms. The third kappa shape index (κ3) is 20.7. The van der Waals surface area contributed by atoms with Crippen LogP contribution in [0.5, 0.6) is 69.0 Å². The van der Waals surface area contributed by atoms with Crippen LogP contribution < -0.4 is 60.9 Å². The minimum absolute atomic E-state index is 0.0429. The van der Waals surface area contributed by atoms with E-state index in [9.17, 15) is 80.8 Å². The summed E-state index contributed by atoms with van der Waals surface area (Å²) in [5.74, 6) is -18.0. The molecule has 15 rings (SSSR count). The van der Waals surface area contributed by atoms with Gasteiger partial charge in [0.25, 0.3) is 0 Å². The van der Waals surface area contributed by atoms with Gasteiger partial charge in [0, 0.05) is 54.3 Å². The van der Waals surface area contributed by atoms with Crippen LogP contribution in [-0.4, -0.2) is 224 Å². The molecule has 38 nitrogen and oxygen atoms in total. The van der Waals surface area contributed by atoms with Crippen LogP contribution in [0.4, 0.5) is 4.79 Å². The Morgan fingerprint density at radius 3 is 1.79 bits per heavy atom. The lowest BCUT2D eigenvalue weighted by atomic mass is 9.89. The van der Waals surface area contributed by atoms with E-state index in [0.717, 1.165) is 129 Å². The van der Waals surface area contributed by atoms with Crippen molar-refractivity contribution < 1.29 is 147 Å². The fourth-order valence-corrected chi connectivity index (χ4v) is 16.2. The summed E-state index contributed by atoms with van der Waals surface area (Å²) in [7, 11) is 1.22. The molecule has 7 aromatic rings. The maximum Gasteiger partial charge on any atom is 0.410 e. The zero-order valence-corrected chi connectivity index (χ0v) is 71.0. The zero-order chi connectivity index (χ0) is 92.2. The number of aliphatic hydroxyl groups is 8. The molecule has 0 aliphatic carbocycles. The molecule has 0 radical (unpaired) electrons. The summed E-state index contributed by atoms with van der Waals surface area (Å²) in [6.07, 6.45) is -13.6. The van der Waals surface area contributed by atoms with Crippen molar-refractivity contribution in [2.45, 2.75) is 214 Å². The van der Waals surface area contributed by atoms with Crippen molar-refractivity contribution in [1.29, 1.82) is 0 Å². The van der Waals surface area contributed by atoms with Crippen LogP contribution >= 0.6 is 23.2 Å². The van der Waals surface area contributed by atoms with Gasteiger partial charge in [0.1, 0.15) is 137 Å². The molecule has 128 heavy (non-hydrogen) atoms. The second-order valence-corrected chi connectivity index (χ2v) is 33.6. The molecule has 20 N–H and O–H groups in total. The summed E-state index contributed by atoms with van der Waals surface area (Å²) in [6, 6.07) is 3.73. The highest BCUT2D eigenvalue weighted by Gasteiger charge is 2.50. The van der Waals surface area contributed by atoms with Crippen molar-refractivity contribution >= 4 is 76.6 Å². The van der Waals surface area contributed by atoms with Crippen molar-refractivity contribution in [1.82, 2.24) is 42.1 Å². The number of amides is 8. The number of halogens is 2. The molecule has 7 aromatic carbocycles. The Hall–Kier alpha value is -12.1. The van der Waals surface area contributed by atoms with Gasteiger partial charge in [0.2, 0.25) is 59.7 Å². The number of unbranched alkanes of at least 4 members (excludes halogenated alkanes) is 8. The van der Waals surface area contributed by atoms with Gasteiger partial charge in [-0.25, -0.2) is 9.59 Å². The molecule has 2 saturated heterocycles. The van der Waals surface area contributed by atoms with E-state index < -0.39 is 295 Å². The molecule has 8 aliphatic rings. The molecule has 40 heteroatoms. The predicted molar refractivity (Wildman–Crippen MR) is 448 cm³/mol. The Morgan fingerprint density at radius 2 is 1.12 bits per heavy atom. The zero-order valence-electron chi connectivity index (χ0n) is 69.5. The number of carboxylic acids is 1. The summed E-state index contributed by atoms with van der Waals surface area (Å²) in [5, 5.41) is 166. The van der Waals surface area contributed by atoms with Crippen LogP contribution in [0.3, 0.4) is 0 Å². The first-order valence-electron chi connectivity index (χ1n) is 41.3. The van der Waals surface area contributed by atoms with Crippen molar-refractivity contribution in [2.75, 3.05) is 20.3 Å². The first-order valence-corrected chi connectivity index (χ1v) is 42.1. The van der Waals surface area contributed by atoms with E-state index in [1.54, 1.807) is 20.8 Å². The van der Waals surface area contributed by atoms with E-state index >= 15 is 28.8 Å². The van der Waals surface area contributed by atoms with Crippen LogP contribution in [-0.2, 0) is 59.0 Å². The number of nitrogens with one attached hydrogen (secondary N) is 7. The number of fused-ring (bicyclic) bond motifs is 14. The smallest absolute Gasteiger partial charge is 0.410 e. The van der Waals surface area contributed by atoms with E-state index in [1.165, 1.54) is 43.4 Å². The average Bonchev–Trinajstić information content (AvgIpc) is 0.762. The van der Waals surface area contributed by atoms with Crippen molar-refractivity contribution in [3.05, 3.63) is 164 Å². The lowest BCUT2D eigenvalue weighted by Crippen LogP contribution is -2.65. The first kappa shape index (κ1) is 93.6. The normalized spacial score (nSPS) is 25.9. The predicted octanol–water partition coefficient (Wildman–Crippen LogP) is 5.88. The quantitative estimate of drug-likeness (QED) is 0.0420. The van der Waals surface area contributed by atoms with Crippen LogP contribution in [0.25, 0.3) is 11.1 Å². The molecule has 0 unspecified atom stereocenters. The Kier molecular flexibility index (Phi) is 29.0. The maximum atomic E-state index is 16.8. The van der Waals surface area contributed by atoms with Gasteiger partial charge in [-0.3, -0.25) is 38.5 Å². The van der Waals surface area contributed by atoms with Crippen molar-refractivity contribution in [2.24, 2.45) is 0 Å². The highest BCUT2D eigenvalue weighted by atomic mass is 35.5. The second-order valence-electron chi connectivity index (χ2n) is 32.8. The highest BCUT2D eigenvalue weighted by molar-refractivity contribution is 6.33. The number of hydrogen-bond donors (Lipinski definition) is 20. The summed E-state index contributed by atoms with van der Waals surface area (Å²) < 4.78 is 50.3. The molecule has 8 amide bonds. The largest absolute Gasteiger partial charge is 0.508 e.